The fourth-order valence-electron chi connectivity index (χ4n) is 3.48. The van der Waals surface area contributed by atoms with Gasteiger partial charge in [0.15, 0.2) is 0 Å². The second-order valence-corrected chi connectivity index (χ2v) is 7.35. The molecule has 0 aliphatic rings. The second kappa shape index (κ2) is 8.34. The minimum absolute atomic E-state index is 0.444. The lowest BCUT2D eigenvalue weighted by atomic mass is 10.0. The number of hydrogen-bond acceptors (Lipinski definition) is 2. The van der Waals surface area contributed by atoms with Crippen LogP contribution in [0, 0.1) is 6.92 Å². The van der Waals surface area contributed by atoms with Crippen LogP contribution in [0.3, 0.4) is 0 Å². The number of aryl methyl sites for hydroxylation is 1. The van der Waals surface area contributed by atoms with Crippen LogP contribution in [0.5, 0.6) is 0 Å². The number of nitrogens with zero attached hydrogens (tertiary/aromatic N) is 1. The third-order valence-corrected chi connectivity index (χ3v) is 5.16. The maximum Gasteiger partial charge on any atom is 0.0761 e. The number of hydrogen-bond donors (Lipinski definition) is 1. The molecule has 0 saturated carbocycles. The molecule has 0 aromatic heterocycles. The molecule has 29 heavy (non-hydrogen) atoms. The highest BCUT2D eigenvalue weighted by molar-refractivity contribution is 5.78. The van der Waals surface area contributed by atoms with Crippen LogP contribution >= 0.6 is 0 Å². The highest BCUT2D eigenvalue weighted by atomic mass is 16.3. The van der Waals surface area contributed by atoms with Gasteiger partial charge in [-0.25, -0.2) is 0 Å². The number of aliphatic hydroxyl groups excluding tert-OH is 1. The Morgan fingerprint density at radius 1 is 0.586 bits per heavy atom. The summed E-state index contributed by atoms with van der Waals surface area (Å²) in [6, 6.07) is 35.7. The van der Waals surface area contributed by atoms with Crippen molar-refractivity contribution in [2.24, 2.45) is 0 Å². The van der Waals surface area contributed by atoms with E-state index in [4.69, 9.17) is 0 Å². The Labute approximate surface area is 172 Å². The third-order valence-electron chi connectivity index (χ3n) is 5.16. The number of rotatable bonds is 5. The van der Waals surface area contributed by atoms with Crippen molar-refractivity contribution < 1.29 is 5.11 Å². The Morgan fingerprint density at radius 3 is 1.55 bits per heavy atom. The molecular weight excluding hydrogens is 354 g/mol. The largest absolute Gasteiger partial charge is 0.389 e. The summed E-state index contributed by atoms with van der Waals surface area (Å²) in [6.45, 7) is 3.89. The maximum atomic E-state index is 9.71. The van der Waals surface area contributed by atoms with E-state index in [9.17, 15) is 5.11 Å². The average molecular weight is 380 g/mol. The number of aliphatic hydroxyl groups is 1. The Bertz CT molecular complexity index is 1050. The summed E-state index contributed by atoms with van der Waals surface area (Å²) < 4.78 is 0. The molecule has 1 unspecified atom stereocenters. The second-order valence-electron chi connectivity index (χ2n) is 7.35. The zero-order valence-corrected chi connectivity index (χ0v) is 16.8. The average Bonchev–Trinajstić information content (AvgIpc) is 2.77. The van der Waals surface area contributed by atoms with Gasteiger partial charge in [0.2, 0.25) is 0 Å². The van der Waals surface area contributed by atoms with E-state index < -0.39 is 6.10 Å². The van der Waals surface area contributed by atoms with Crippen molar-refractivity contribution in [3.8, 4) is 11.1 Å². The third kappa shape index (κ3) is 4.23. The molecule has 0 heterocycles. The van der Waals surface area contributed by atoms with E-state index in [1.807, 2.05) is 18.2 Å². The van der Waals surface area contributed by atoms with Crippen LogP contribution in [0.2, 0.25) is 0 Å². The van der Waals surface area contributed by atoms with E-state index in [1.54, 1.807) is 6.92 Å². The Morgan fingerprint density at radius 2 is 1.03 bits per heavy atom. The van der Waals surface area contributed by atoms with Crippen molar-refractivity contribution in [3.05, 3.63) is 114 Å². The number of benzene rings is 4. The van der Waals surface area contributed by atoms with Crippen molar-refractivity contribution in [1.82, 2.24) is 0 Å². The van der Waals surface area contributed by atoms with Crippen molar-refractivity contribution in [1.29, 1.82) is 0 Å². The zero-order chi connectivity index (χ0) is 20.2. The van der Waals surface area contributed by atoms with Gasteiger partial charge in [-0.2, -0.15) is 0 Å². The molecule has 0 aliphatic carbocycles. The van der Waals surface area contributed by atoms with Crippen LogP contribution in [-0.4, -0.2) is 5.11 Å². The van der Waals surface area contributed by atoms with E-state index in [0.717, 1.165) is 33.8 Å². The predicted octanol–water partition coefficient (Wildman–Crippen LogP) is 7.19. The first-order valence-electron chi connectivity index (χ1n) is 9.92. The molecule has 4 aromatic carbocycles. The molecule has 0 spiro atoms. The van der Waals surface area contributed by atoms with E-state index >= 15 is 0 Å². The van der Waals surface area contributed by atoms with Gasteiger partial charge < -0.3 is 10.0 Å². The van der Waals surface area contributed by atoms with Crippen LogP contribution in [0.15, 0.2) is 103 Å². The standard InChI is InChI=1S/C27H25NO/c1-20-8-16-26(17-9-20)28(25-6-4-3-5-7-25)27-18-14-24(15-19-27)23-12-10-22(11-13-23)21(2)29/h3-19,21,29H,1-2H3. The SMILES string of the molecule is Cc1ccc(N(c2ccccc2)c2ccc(-c3ccc(C(C)O)cc3)cc2)cc1. The molecule has 0 fully saturated rings. The fourth-order valence-corrected chi connectivity index (χ4v) is 3.48. The molecule has 2 nitrogen and oxygen atoms in total. The monoisotopic (exact) mass is 379 g/mol. The van der Waals surface area contributed by atoms with Gasteiger partial charge in [0, 0.05) is 17.1 Å². The van der Waals surface area contributed by atoms with E-state index in [1.165, 1.54) is 5.56 Å². The Kier molecular flexibility index (Phi) is 5.46. The molecular formula is C27H25NO. The van der Waals surface area contributed by atoms with Crippen LogP contribution in [0.1, 0.15) is 24.2 Å². The summed E-state index contributed by atoms with van der Waals surface area (Å²) in [4.78, 5) is 2.26. The summed E-state index contributed by atoms with van der Waals surface area (Å²) in [5.74, 6) is 0. The lowest BCUT2D eigenvalue weighted by Gasteiger charge is -2.25. The molecule has 2 heteroatoms. The van der Waals surface area contributed by atoms with Crippen LogP contribution in [-0.2, 0) is 0 Å². The molecule has 0 amide bonds. The van der Waals surface area contributed by atoms with Gasteiger partial charge in [-0.3, -0.25) is 0 Å². The van der Waals surface area contributed by atoms with Crippen LogP contribution in [0.25, 0.3) is 11.1 Å². The quantitative estimate of drug-likeness (QED) is 0.397. The van der Waals surface area contributed by atoms with Crippen molar-refractivity contribution in [2.75, 3.05) is 4.90 Å². The molecule has 4 aromatic rings. The summed E-state index contributed by atoms with van der Waals surface area (Å²) in [6.07, 6.45) is -0.444. The molecule has 0 saturated heterocycles. The van der Waals surface area contributed by atoms with E-state index in [-0.39, 0.29) is 0 Å². The number of para-hydroxylation sites is 1. The van der Waals surface area contributed by atoms with Crippen LogP contribution in [0.4, 0.5) is 17.1 Å². The lowest BCUT2D eigenvalue weighted by molar-refractivity contribution is 0.199. The topological polar surface area (TPSA) is 23.5 Å². The first-order valence-corrected chi connectivity index (χ1v) is 9.92. The van der Waals surface area contributed by atoms with Crippen molar-refractivity contribution in [3.63, 3.8) is 0 Å². The molecule has 0 aliphatic heterocycles. The molecule has 0 radical (unpaired) electrons. The van der Waals surface area contributed by atoms with Gasteiger partial charge in [0.1, 0.15) is 0 Å². The maximum absolute atomic E-state index is 9.71. The van der Waals surface area contributed by atoms with Gasteiger partial charge in [-0.05, 0) is 66.9 Å². The summed E-state index contributed by atoms with van der Waals surface area (Å²) in [5, 5.41) is 9.71. The highest BCUT2D eigenvalue weighted by Gasteiger charge is 2.12. The van der Waals surface area contributed by atoms with Crippen molar-refractivity contribution >= 4 is 17.1 Å². The predicted molar refractivity (Wildman–Crippen MR) is 122 cm³/mol. The highest BCUT2D eigenvalue weighted by Crippen LogP contribution is 2.35. The van der Waals surface area contributed by atoms with E-state index in [2.05, 4.69) is 96.8 Å². The lowest BCUT2D eigenvalue weighted by Crippen LogP contribution is -2.09. The molecule has 1 atom stereocenters. The zero-order valence-electron chi connectivity index (χ0n) is 16.8. The van der Waals surface area contributed by atoms with Gasteiger partial charge in [0.25, 0.3) is 0 Å². The minimum atomic E-state index is -0.444. The number of anilines is 3. The Balaban J connectivity index is 1.69. The van der Waals surface area contributed by atoms with Crippen LogP contribution < -0.4 is 4.90 Å². The summed E-state index contributed by atoms with van der Waals surface area (Å²) >= 11 is 0. The van der Waals surface area contributed by atoms with Gasteiger partial charge in [0.05, 0.1) is 6.10 Å². The summed E-state index contributed by atoms with van der Waals surface area (Å²) in [5.41, 5.74) is 7.86. The van der Waals surface area contributed by atoms with Crippen molar-refractivity contribution in [2.45, 2.75) is 20.0 Å². The Hall–Kier alpha value is -3.36. The smallest absolute Gasteiger partial charge is 0.0761 e. The first-order chi connectivity index (χ1) is 14.1. The fraction of sp³-hybridized carbons (Fsp3) is 0.111. The summed E-state index contributed by atoms with van der Waals surface area (Å²) in [7, 11) is 0. The normalized spacial score (nSPS) is 11.8. The van der Waals surface area contributed by atoms with Gasteiger partial charge in [-0.15, -0.1) is 0 Å². The van der Waals surface area contributed by atoms with Gasteiger partial charge >= 0.3 is 0 Å². The molecule has 0 bridgehead atoms. The van der Waals surface area contributed by atoms with E-state index in [0.29, 0.717) is 0 Å². The molecule has 4 rings (SSSR count). The first kappa shape index (κ1) is 19.0. The van der Waals surface area contributed by atoms with Gasteiger partial charge in [-0.1, -0.05) is 72.3 Å². The molecule has 1 N–H and O–H groups in total. The molecule has 144 valence electrons. The minimum Gasteiger partial charge on any atom is -0.389 e.